The molecule has 1 fully saturated rings. The fourth-order valence-corrected chi connectivity index (χ4v) is 6.60. The van der Waals surface area contributed by atoms with E-state index in [1.807, 2.05) is 18.2 Å². The van der Waals surface area contributed by atoms with E-state index in [2.05, 4.69) is 20.8 Å². The van der Waals surface area contributed by atoms with Crippen LogP contribution in [0.3, 0.4) is 0 Å². The Balaban J connectivity index is 1.45. The minimum absolute atomic E-state index is 0.0213. The predicted octanol–water partition coefficient (Wildman–Crippen LogP) is 1.18. The van der Waals surface area contributed by atoms with Crippen LogP contribution in [0.15, 0.2) is 62.8 Å². The Labute approximate surface area is 195 Å². The molecule has 4 rings (SSSR count). The molecule has 1 aromatic heterocycles. The molecular weight excluding hydrogens is 472 g/mol. The summed E-state index contributed by atoms with van der Waals surface area (Å²) in [6, 6.07) is 8.47. The SMILES string of the molecule is C/C(=C\N[C@@H]1C(=O)N2C(C(=O)O)=C(CSc3nnnn3C)CS[C@H]12)[S+]([O-])c1ccccc1. The maximum absolute atomic E-state index is 12.8. The Morgan fingerprint density at radius 1 is 1.44 bits per heavy atom. The van der Waals surface area contributed by atoms with Gasteiger partial charge in [-0.1, -0.05) is 30.0 Å². The molecule has 0 bridgehead atoms. The number of aryl methyl sites for hydroxylation is 1. The summed E-state index contributed by atoms with van der Waals surface area (Å²) in [5.74, 6) is -0.611. The number of carboxylic acids is 1. The van der Waals surface area contributed by atoms with Crippen molar-refractivity contribution >= 4 is 46.6 Å². The molecule has 168 valence electrons. The van der Waals surface area contributed by atoms with Crippen LogP contribution in [-0.2, 0) is 27.8 Å². The molecule has 1 aromatic carbocycles. The highest BCUT2D eigenvalue weighted by atomic mass is 32.2. The van der Waals surface area contributed by atoms with Crippen molar-refractivity contribution in [3.05, 3.63) is 52.7 Å². The summed E-state index contributed by atoms with van der Waals surface area (Å²) < 4.78 is 14.1. The van der Waals surface area contributed by atoms with Crippen molar-refractivity contribution in [1.82, 2.24) is 30.4 Å². The van der Waals surface area contributed by atoms with E-state index in [0.717, 1.165) is 0 Å². The lowest BCUT2D eigenvalue weighted by Crippen LogP contribution is -2.69. The molecule has 3 atom stereocenters. The molecule has 1 amide bonds. The van der Waals surface area contributed by atoms with Gasteiger partial charge in [0.05, 0.1) is 0 Å². The molecule has 0 aliphatic carbocycles. The first-order valence-electron chi connectivity index (χ1n) is 9.53. The van der Waals surface area contributed by atoms with Gasteiger partial charge in [0.2, 0.25) is 5.16 Å². The van der Waals surface area contributed by atoms with Crippen molar-refractivity contribution in [3.8, 4) is 0 Å². The van der Waals surface area contributed by atoms with Crippen LogP contribution in [0, 0.1) is 0 Å². The molecular formula is C19H20N6O4S3. The predicted molar refractivity (Wildman–Crippen MR) is 121 cm³/mol. The molecule has 2 N–H and O–H groups in total. The molecule has 2 aliphatic heterocycles. The van der Waals surface area contributed by atoms with E-state index in [1.165, 1.54) is 33.1 Å². The van der Waals surface area contributed by atoms with Gasteiger partial charge in [0, 0.05) is 42.9 Å². The highest BCUT2D eigenvalue weighted by Crippen LogP contribution is 2.41. The quantitative estimate of drug-likeness (QED) is 0.314. The highest BCUT2D eigenvalue weighted by Gasteiger charge is 2.53. The molecule has 0 radical (unpaired) electrons. The number of nitrogens with zero attached hydrogens (tertiary/aromatic N) is 5. The van der Waals surface area contributed by atoms with Gasteiger partial charge in [0.25, 0.3) is 5.91 Å². The van der Waals surface area contributed by atoms with E-state index in [-0.39, 0.29) is 17.0 Å². The lowest BCUT2D eigenvalue weighted by molar-refractivity contribution is -0.148. The number of carbonyl (C=O) groups is 2. The first-order valence-corrected chi connectivity index (χ1v) is 12.7. The first-order chi connectivity index (χ1) is 15.4. The Morgan fingerprint density at radius 2 is 2.19 bits per heavy atom. The number of tetrazole rings is 1. The smallest absolute Gasteiger partial charge is 0.352 e. The summed E-state index contributed by atoms with van der Waals surface area (Å²) in [6.45, 7) is 1.73. The van der Waals surface area contributed by atoms with Gasteiger partial charge in [-0.15, -0.1) is 16.9 Å². The van der Waals surface area contributed by atoms with Crippen molar-refractivity contribution in [2.24, 2.45) is 7.05 Å². The largest absolute Gasteiger partial charge is 0.607 e. The van der Waals surface area contributed by atoms with Crippen LogP contribution < -0.4 is 5.32 Å². The average Bonchev–Trinajstić information content (AvgIpc) is 3.21. The molecule has 0 spiro atoms. The Kier molecular flexibility index (Phi) is 6.79. The van der Waals surface area contributed by atoms with Crippen LogP contribution in [0.25, 0.3) is 0 Å². The van der Waals surface area contributed by atoms with Crippen molar-refractivity contribution in [3.63, 3.8) is 0 Å². The number of carboxylic acid groups (broad SMARTS) is 1. The number of aromatic nitrogens is 4. The number of thioether (sulfide) groups is 2. The van der Waals surface area contributed by atoms with Crippen LogP contribution in [0.2, 0.25) is 0 Å². The molecule has 0 saturated carbocycles. The van der Waals surface area contributed by atoms with Gasteiger partial charge >= 0.3 is 5.97 Å². The maximum Gasteiger partial charge on any atom is 0.352 e. The van der Waals surface area contributed by atoms with Gasteiger partial charge in [0.1, 0.15) is 22.0 Å². The normalized spacial score (nSPS) is 21.8. The number of nitrogens with one attached hydrogen (secondary N) is 1. The van der Waals surface area contributed by atoms with Crippen LogP contribution in [-0.4, -0.2) is 69.6 Å². The summed E-state index contributed by atoms with van der Waals surface area (Å²) in [7, 11) is 1.70. The minimum Gasteiger partial charge on any atom is -0.607 e. The molecule has 1 unspecified atom stereocenters. The second-order valence-corrected chi connectivity index (χ2v) is 10.7. The standard InChI is InChI=1S/C19H20N6O4S3/c1-11(32(29)13-6-4-3-5-7-13)8-20-14-16(26)25-15(18(27)28)12(9-30-17(14)25)10-31-19-21-22-23-24(19)2/h3-8,14,17,20H,9-10H2,1-2H3,(H,27,28)/b11-8+/t14-,17-,32?/m1/s1. The molecule has 2 aliphatic rings. The Bertz CT molecular complexity index is 1090. The zero-order valence-electron chi connectivity index (χ0n) is 17.2. The van der Waals surface area contributed by atoms with Gasteiger partial charge in [-0.2, -0.15) is 0 Å². The highest BCUT2D eigenvalue weighted by molar-refractivity contribution is 8.01. The lowest BCUT2D eigenvalue weighted by Gasteiger charge is -2.49. The van der Waals surface area contributed by atoms with Gasteiger partial charge < -0.3 is 15.0 Å². The van der Waals surface area contributed by atoms with Crippen LogP contribution in [0.4, 0.5) is 0 Å². The number of carbonyl (C=O) groups excluding carboxylic acids is 1. The maximum atomic E-state index is 12.8. The third-order valence-corrected chi connectivity index (χ3v) is 8.76. The summed E-state index contributed by atoms with van der Waals surface area (Å²) in [5.41, 5.74) is 0.670. The van der Waals surface area contributed by atoms with Gasteiger partial charge in [-0.25, -0.2) is 9.48 Å². The van der Waals surface area contributed by atoms with Crippen LogP contribution in [0.5, 0.6) is 0 Å². The van der Waals surface area contributed by atoms with E-state index in [9.17, 15) is 19.2 Å². The van der Waals surface area contributed by atoms with Crippen LogP contribution in [0.1, 0.15) is 6.92 Å². The second kappa shape index (κ2) is 9.57. The summed E-state index contributed by atoms with van der Waals surface area (Å²) >= 11 is 1.48. The fraction of sp³-hybridized carbons (Fsp3) is 0.316. The van der Waals surface area contributed by atoms with Gasteiger partial charge in [0.15, 0.2) is 4.90 Å². The van der Waals surface area contributed by atoms with Crippen molar-refractivity contribution < 1.29 is 19.2 Å². The van der Waals surface area contributed by atoms with Crippen molar-refractivity contribution in [1.29, 1.82) is 0 Å². The number of benzene rings is 1. The third-order valence-electron chi connectivity index (χ3n) is 4.92. The molecule has 10 nitrogen and oxygen atoms in total. The van der Waals surface area contributed by atoms with E-state index in [1.54, 1.807) is 32.3 Å². The van der Waals surface area contributed by atoms with Crippen molar-refractivity contribution in [2.75, 3.05) is 11.5 Å². The number of hydrogen-bond donors (Lipinski definition) is 2. The zero-order chi connectivity index (χ0) is 22.8. The molecule has 2 aromatic rings. The number of fused-ring (bicyclic) bond motifs is 1. The number of amides is 1. The Morgan fingerprint density at radius 3 is 2.84 bits per heavy atom. The number of aliphatic carboxylic acids is 1. The van der Waals surface area contributed by atoms with Gasteiger partial charge in [-0.05, 0) is 28.1 Å². The molecule has 3 heterocycles. The molecule has 13 heteroatoms. The average molecular weight is 493 g/mol. The van der Waals surface area contributed by atoms with Crippen LogP contribution >= 0.6 is 23.5 Å². The first kappa shape index (κ1) is 22.7. The summed E-state index contributed by atoms with van der Waals surface area (Å²) in [6.07, 6.45) is 1.58. The lowest BCUT2D eigenvalue weighted by atomic mass is 10.0. The zero-order valence-corrected chi connectivity index (χ0v) is 19.6. The minimum atomic E-state index is -1.34. The fourth-order valence-electron chi connectivity index (χ4n) is 3.30. The molecule has 1 saturated heterocycles. The number of hydrogen-bond acceptors (Lipinski definition) is 9. The summed E-state index contributed by atoms with van der Waals surface area (Å²) in [5, 5.41) is 24.3. The monoisotopic (exact) mass is 492 g/mol. The third kappa shape index (κ3) is 4.37. The number of rotatable bonds is 8. The topological polar surface area (TPSA) is 136 Å². The molecule has 32 heavy (non-hydrogen) atoms. The van der Waals surface area contributed by atoms with E-state index < -0.39 is 23.2 Å². The summed E-state index contributed by atoms with van der Waals surface area (Å²) in [4.78, 5) is 27.3. The second-order valence-electron chi connectivity index (χ2n) is 7.02. The van der Waals surface area contributed by atoms with E-state index >= 15 is 0 Å². The van der Waals surface area contributed by atoms with E-state index in [4.69, 9.17) is 0 Å². The number of allylic oxidation sites excluding steroid dienone is 1. The Hall–Kier alpha value is -2.48. The van der Waals surface area contributed by atoms with Gasteiger partial charge in [-0.3, -0.25) is 9.69 Å². The number of β-lactam (4-membered cyclic amide) rings is 1. The van der Waals surface area contributed by atoms with E-state index in [0.29, 0.717) is 32.0 Å². The van der Waals surface area contributed by atoms with Crippen molar-refractivity contribution in [2.45, 2.75) is 28.4 Å².